The Bertz CT molecular complexity index is 2210. The minimum absolute atomic E-state index is 0.0103. The third-order valence-corrected chi connectivity index (χ3v) is 11.4. The minimum atomic E-state index is -1.42. The summed E-state index contributed by atoms with van der Waals surface area (Å²) in [5.74, 6) is 0. The van der Waals surface area contributed by atoms with Crippen LogP contribution in [0, 0.1) is 0 Å². The summed E-state index contributed by atoms with van der Waals surface area (Å²) in [5.41, 5.74) is 5.63. The molecule has 0 radical (unpaired) electrons. The maximum absolute atomic E-state index is 12.5. The molecule has 65 heavy (non-hydrogen) atoms. The summed E-state index contributed by atoms with van der Waals surface area (Å²) < 4.78 is 59.3. The molecule has 2 aliphatic rings. The van der Waals surface area contributed by atoms with Gasteiger partial charge in [0.15, 0.2) is 12.6 Å². The maximum Gasteiger partial charge on any atom is 0.187 e. The summed E-state index contributed by atoms with van der Waals surface area (Å²) >= 11 is 0. The SMILES string of the molecule is O[C@@H]1[C@H](O[C@H]2[C@H](OCc3ccccc3)[C@@H](OCc3ccccc3)[C@@H](O)O[C@@H]2COCc2ccccc2)O[C@H](COCc2ccccc2)[C@@H](OCc2ccccc2)[C@@H]1OCc1ccccc1. The van der Waals surface area contributed by atoms with E-state index in [9.17, 15) is 10.2 Å². The van der Waals surface area contributed by atoms with Crippen LogP contribution in [-0.4, -0.2) is 84.8 Å². The molecule has 10 atom stereocenters. The first kappa shape index (κ1) is 46.4. The molecule has 0 amide bonds. The Morgan fingerprint density at radius 3 is 1.06 bits per heavy atom. The van der Waals surface area contributed by atoms with Gasteiger partial charge in [-0.05, 0) is 33.4 Å². The molecular weight excluding hydrogens is 825 g/mol. The van der Waals surface area contributed by atoms with Crippen LogP contribution in [0.4, 0.5) is 0 Å². The second-order valence-corrected chi connectivity index (χ2v) is 16.2. The summed E-state index contributed by atoms with van der Waals surface area (Å²) in [4.78, 5) is 0. The molecular formula is C54H58O11. The molecule has 6 aromatic rings. The molecule has 11 nitrogen and oxygen atoms in total. The fourth-order valence-corrected chi connectivity index (χ4v) is 8.05. The van der Waals surface area contributed by atoms with E-state index >= 15 is 0 Å². The van der Waals surface area contributed by atoms with Crippen molar-refractivity contribution in [3.05, 3.63) is 215 Å². The van der Waals surface area contributed by atoms with Gasteiger partial charge in [0.25, 0.3) is 0 Å². The molecule has 2 heterocycles. The number of benzene rings is 6. The van der Waals surface area contributed by atoms with Gasteiger partial charge in [0.05, 0.1) is 52.9 Å². The van der Waals surface area contributed by atoms with Gasteiger partial charge in [0.1, 0.15) is 48.8 Å². The lowest BCUT2D eigenvalue weighted by molar-refractivity contribution is -0.370. The molecule has 0 aliphatic carbocycles. The Labute approximate surface area is 381 Å². The maximum atomic E-state index is 12.5. The molecule has 340 valence electrons. The number of hydrogen-bond acceptors (Lipinski definition) is 11. The van der Waals surface area contributed by atoms with Crippen molar-refractivity contribution in [2.24, 2.45) is 0 Å². The van der Waals surface area contributed by atoms with Crippen LogP contribution in [-0.2, 0) is 82.3 Å². The standard InChI is InChI=1S/C54H58O11/c55-47-50(60-34-42-25-13-4-14-26-42)48(59-33-41-23-11-3-12-24-41)45(37-57-31-39-19-7-1-8-20-39)64-54(47)65-49-46(38-58-32-40-21-9-2-10-22-40)63-53(56)52(62-36-44-29-17-6-18-30-44)51(49)61-35-43-27-15-5-16-28-43/h1-30,45-56H,31-38H2/t45-,46-,47+,48-,49-,50-,51+,52-,53+,54+/m1/s1. The number of aliphatic hydroxyl groups excluding tert-OH is 2. The third kappa shape index (κ3) is 13.5. The largest absolute Gasteiger partial charge is 0.385 e. The Morgan fingerprint density at radius 1 is 0.338 bits per heavy atom. The first-order chi connectivity index (χ1) is 32.1. The normalized spacial score (nSPS) is 25.6. The zero-order valence-electron chi connectivity index (χ0n) is 36.3. The highest BCUT2D eigenvalue weighted by Gasteiger charge is 2.53. The van der Waals surface area contributed by atoms with E-state index in [0.717, 1.165) is 33.4 Å². The van der Waals surface area contributed by atoms with E-state index in [1.54, 1.807) is 0 Å². The molecule has 2 aliphatic heterocycles. The molecule has 0 spiro atoms. The fourth-order valence-electron chi connectivity index (χ4n) is 8.05. The van der Waals surface area contributed by atoms with E-state index in [0.29, 0.717) is 6.61 Å². The highest BCUT2D eigenvalue weighted by molar-refractivity contribution is 5.18. The van der Waals surface area contributed by atoms with Crippen molar-refractivity contribution in [2.45, 2.75) is 101 Å². The zero-order valence-corrected chi connectivity index (χ0v) is 36.3. The number of aliphatic hydroxyl groups is 2. The first-order valence-corrected chi connectivity index (χ1v) is 22.3. The van der Waals surface area contributed by atoms with Crippen molar-refractivity contribution in [3.8, 4) is 0 Å². The van der Waals surface area contributed by atoms with E-state index in [-0.39, 0.29) is 46.2 Å². The van der Waals surface area contributed by atoms with Crippen molar-refractivity contribution in [3.63, 3.8) is 0 Å². The van der Waals surface area contributed by atoms with Crippen LogP contribution >= 0.6 is 0 Å². The van der Waals surface area contributed by atoms with E-state index in [1.807, 2.05) is 182 Å². The van der Waals surface area contributed by atoms with Gasteiger partial charge in [0.2, 0.25) is 0 Å². The Kier molecular flexibility index (Phi) is 17.4. The highest BCUT2D eigenvalue weighted by atomic mass is 16.7. The Morgan fingerprint density at radius 2 is 0.662 bits per heavy atom. The molecule has 0 saturated carbocycles. The van der Waals surface area contributed by atoms with Crippen molar-refractivity contribution >= 4 is 0 Å². The summed E-state index contributed by atoms with van der Waals surface area (Å²) in [6, 6.07) is 58.7. The molecule has 2 fully saturated rings. The zero-order chi connectivity index (χ0) is 44.5. The van der Waals surface area contributed by atoms with Crippen molar-refractivity contribution in [1.29, 1.82) is 0 Å². The predicted molar refractivity (Wildman–Crippen MR) is 243 cm³/mol. The van der Waals surface area contributed by atoms with Crippen LogP contribution in [0.1, 0.15) is 33.4 Å². The second kappa shape index (κ2) is 24.4. The van der Waals surface area contributed by atoms with Gasteiger partial charge in [0, 0.05) is 0 Å². The topological polar surface area (TPSA) is 124 Å². The Balaban J connectivity index is 1.11. The molecule has 0 bridgehead atoms. The molecule has 6 aromatic carbocycles. The van der Waals surface area contributed by atoms with Crippen LogP contribution in [0.3, 0.4) is 0 Å². The molecule has 2 saturated heterocycles. The van der Waals surface area contributed by atoms with Crippen LogP contribution in [0.15, 0.2) is 182 Å². The van der Waals surface area contributed by atoms with Crippen molar-refractivity contribution in [1.82, 2.24) is 0 Å². The quantitative estimate of drug-likeness (QED) is 0.0691. The molecule has 11 heteroatoms. The lowest BCUT2D eigenvalue weighted by Gasteiger charge is -2.49. The summed E-state index contributed by atoms with van der Waals surface area (Å²) in [6.07, 6.45) is -10.5. The van der Waals surface area contributed by atoms with Gasteiger partial charge >= 0.3 is 0 Å². The Hall–Kier alpha value is -5.12. The van der Waals surface area contributed by atoms with Crippen LogP contribution in [0.2, 0.25) is 0 Å². The number of hydrogen-bond donors (Lipinski definition) is 2. The van der Waals surface area contributed by atoms with Gasteiger partial charge in [-0.2, -0.15) is 0 Å². The smallest absolute Gasteiger partial charge is 0.187 e. The predicted octanol–water partition coefficient (Wildman–Crippen LogP) is 7.95. The lowest BCUT2D eigenvalue weighted by Crippen LogP contribution is -2.66. The van der Waals surface area contributed by atoms with Crippen LogP contribution in [0.25, 0.3) is 0 Å². The minimum Gasteiger partial charge on any atom is -0.385 e. The van der Waals surface area contributed by atoms with E-state index in [4.69, 9.17) is 42.6 Å². The molecule has 0 unspecified atom stereocenters. The monoisotopic (exact) mass is 882 g/mol. The van der Waals surface area contributed by atoms with Gasteiger partial charge in [-0.3, -0.25) is 0 Å². The molecule has 8 rings (SSSR count). The molecule has 2 N–H and O–H groups in total. The van der Waals surface area contributed by atoms with Gasteiger partial charge in [-0.1, -0.05) is 182 Å². The van der Waals surface area contributed by atoms with Crippen molar-refractivity contribution in [2.75, 3.05) is 13.2 Å². The fraction of sp³-hybridized carbons (Fsp3) is 0.333. The average Bonchev–Trinajstić information content (AvgIpc) is 3.35. The van der Waals surface area contributed by atoms with E-state index < -0.39 is 61.4 Å². The van der Waals surface area contributed by atoms with Gasteiger partial charge in [-0.25, -0.2) is 0 Å². The van der Waals surface area contributed by atoms with Crippen LogP contribution < -0.4 is 0 Å². The van der Waals surface area contributed by atoms with E-state index in [1.165, 1.54) is 0 Å². The first-order valence-electron chi connectivity index (χ1n) is 22.3. The van der Waals surface area contributed by atoms with E-state index in [2.05, 4.69) is 0 Å². The number of ether oxygens (including phenoxy) is 9. The second-order valence-electron chi connectivity index (χ2n) is 16.2. The summed E-state index contributed by atoms with van der Waals surface area (Å²) in [7, 11) is 0. The van der Waals surface area contributed by atoms with Crippen molar-refractivity contribution < 1.29 is 52.8 Å². The lowest BCUT2D eigenvalue weighted by atomic mass is 9.96. The van der Waals surface area contributed by atoms with Gasteiger partial charge < -0.3 is 52.8 Å². The number of rotatable bonds is 22. The average molecular weight is 883 g/mol. The highest BCUT2D eigenvalue weighted by Crippen LogP contribution is 2.35. The van der Waals surface area contributed by atoms with Gasteiger partial charge in [-0.15, -0.1) is 0 Å². The summed E-state index contributed by atoms with van der Waals surface area (Å²) in [5, 5.41) is 24.3. The summed E-state index contributed by atoms with van der Waals surface area (Å²) in [6.45, 7) is 1.46. The van der Waals surface area contributed by atoms with Crippen LogP contribution in [0.5, 0.6) is 0 Å². The third-order valence-electron chi connectivity index (χ3n) is 11.4. The molecule has 0 aromatic heterocycles.